The van der Waals surface area contributed by atoms with Gasteiger partial charge < -0.3 is 9.47 Å². The third kappa shape index (κ3) is 3.32. The zero-order valence-electron chi connectivity index (χ0n) is 8.97. The fraction of sp³-hybridized carbons (Fsp3) is 0.455. The Morgan fingerprint density at radius 1 is 1.47 bits per heavy atom. The molecule has 1 aromatic rings. The number of esters is 1. The van der Waals surface area contributed by atoms with Crippen molar-refractivity contribution in [3.63, 3.8) is 0 Å². The van der Waals surface area contributed by atoms with Crippen LogP contribution in [0.15, 0.2) is 24.4 Å². The maximum atomic E-state index is 11.5. The van der Waals surface area contributed by atoms with Crippen LogP contribution >= 0.6 is 0 Å². The Labute approximate surface area is 89.2 Å². The summed E-state index contributed by atoms with van der Waals surface area (Å²) in [5.74, 6) is -0.609. The van der Waals surface area contributed by atoms with E-state index in [0.717, 1.165) is 5.69 Å². The average molecular weight is 209 g/mol. The lowest BCUT2D eigenvalue weighted by Crippen LogP contribution is -2.17. The summed E-state index contributed by atoms with van der Waals surface area (Å²) in [7, 11) is 2.98. The topological polar surface area (TPSA) is 48.4 Å². The molecule has 15 heavy (non-hydrogen) atoms. The van der Waals surface area contributed by atoms with Crippen LogP contribution in [0.4, 0.5) is 0 Å². The normalized spacial score (nSPS) is 12.1. The second-order valence-corrected chi connectivity index (χ2v) is 3.11. The molecule has 0 N–H and O–H groups in total. The monoisotopic (exact) mass is 209 g/mol. The van der Waals surface area contributed by atoms with E-state index in [1.165, 1.54) is 7.11 Å². The number of hydrogen-bond donors (Lipinski definition) is 0. The van der Waals surface area contributed by atoms with Crippen molar-refractivity contribution in [1.29, 1.82) is 0 Å². The Hall–Kier alpha value is -1.42. The van der Waals surface area contributed by atoms with Crippen LogP contribution in [0.3, 0.4) is 0 Å². The van der Waals surface area contributed by atoms with Gasteiger partial charge in [0.25, 0.3) is 0 Å². The SMILES string of the molecule is COCC[C@H](C(=O)OC)c1ccccn1. The second-order valence-electron chi connectivity index (χ2n) is 3.11. The number of methoxy groups -OCH3 is 2. The predicted octanol–water partition coefficient (Wildman–Crippen LogP) is 1.37. The molecule has 0 radical (unpaired) electrons. The van der Waals surface area contributed by atoms with Crippen molar-refractivity contribution in [3.8, 4) is 0 Å². The molecule has 0 spiro atoms. The molecular formula is C11H15NO3. The molecule has 1 aromatic heterocycles. The van der Waals surface area contributed by atoms with Crippen molar-refractivity contribution in [2.45, 2.75) is 12.3 Å². The lowest BCUT2D eigenvalue weighted by molar-refractivity contribution is -0.143. The number of carbonyl (C=O) groups is 1. The molecule has 1 heterocycles. The standard InChI is InChI=1S/C11H15NO3/c1-14-8-6-9(11(13)15-2)10-5-3-4-7-12-10/h3-5,7,9H,6,8H2,1-2H3/t9-/m0/s1. The van der Waals surface area contributed by atoms with Gasteiger partial charge in [-0.25, -0.2) is 0 Å². The molecule has 0 aromatic carbocycles. The highest BCUT2D eigenvalue weighted by Gasteiger charge is 2.21. The summed E-state index contributed by atoms with van der Waals surface area (Å²) in [6.45, 7) is 0.510. The van der Waals surface area contributed by atoms with Gasteiger partial charge in [0, 0.05) is 19.9 Å². The summed E-state index contributed by atoms with van der Waals surface area (Å²) in [6, 6.07) is 5.48. The molecule has 0 unspecified atom stereocenters. The van der Waals surface area contributed by atoms with Crippen molar-refractivity contribution in [3.05, 3.63) is 30.1 Å². The van der Waals surface area contributed by atoms with E-state index in [-0.39, 0.29) is 11.9 Å². The number of carbonyl (C=O) groups excluding carboxylic acids is 1. The zero-order valence-corrected chi connectivity index (χ0v) is 8.97. The molecule has 0 aliphatic heterocycles. The van der Waals surface area contributed by atoms with Gasteiger partial charge in [-0.2, -0.15) is 0 Å². The first-order valence-corrected chi connectivity index (χ1v) is 4.77. The summed E-state index contributed by atoms with van der Waals surface area (Å²) in [6.07, 6.45) is 2.25. The van der Waals surface area contributed by atoms with Gasteiger partial charge >= 0.3 is 5.97 Å². The number of hydrogen-bond acceptors (Lipinski definition) is 4. The number of pyridine rings is 1. The summed E-state index contributed by atoms with van der Waals surface area (Å²) in [5.41, 5.74) is 0.724. The van der Waals surface area contributed by atoms with Gasteiger partial charge in [0.1, 0.15) is 5.92 Å². The largest absolute Gasteiger partial charge is 0.469 e. The predicted molar refractivity (Wildman–Crippen MR) is 55.5 cm³/mol. The summed E-state index contributed by atoms with van der Waals surface area (Å²) in [4.78, 5) is 15.6. The van der Waals surface area contributed by atoms with Crippen LogP contribution in [-0.2, 0) is 14.3 Å². The second kappa shape index (κ2) is 6.14. The minimum Gasteiger partial charge on any atom is -0.469 e. The Morgan fingerprint density at radius 3 is 2.80 bits per heavy atom. The van der Waals surface area contributed by atoms with Crippen LogP contribution in [-0.4, -0.2) is 31.8 Å². The minimum atomic E-state index is -0.337. The Balaban J connectivity index is 2.76. The summed E-state index contributed by atoms with van der Waals surface area (Å²) in [5, 5.41) is 0. The first-order chi connectivity index (χ1) is 7.29. The molecule has 0 aliphatic rings. The van der Waals surface area contributed by atoms with E-state index < -0.39 is 0 Å². The smallest absolute Gasteiger partial charge is 0.314 e. The fourth-order valence-corrected chi connectivity index (χ4v) is 1.35. The Morgan fingerprint density at radius 2 is 2.27 bits per heavy atom. The van der Waals surface area contributed by atoms with Gasteiger partial charge in [-0.15, -0.1) is 0 Å². The van der Waals surface area contributed by atoms with E-state index in [1.807, 2.05) is 18.2 Å². The summed E-state index contributed by atoms with van der Waals surface area (Å²) >= 11 is 0. The van der Waals surface area contributed by atoms with Crippen LogP contribution in [0.25, 0.3) is 0 Å². The molecule has 0 bridgehead atoms. The van der Waals surface area contributed by atoms with Crippen LogP contribution < -0.4 is 0 Å². The third-order valence-corrected chi connectivity index (χ3v) is 2.14. The maximum Gasteiger partial charge on any atom is 0.314 e. The zero-order chi connectivity index (χ0) is 11.1. The molecule has 1 atom stereocenters. The van der Waals surface area contributed by atoms with Crippen LogP contribution in [0.1, 0.15) is 18.0 Å². The first-order valence-electron chi connectivity index (χ1n) is 4.77. The number of nitrogens with zero attached hydrogens (tertiary/aromatic N) is 1. The summed E-state index contributed by atoms with van der Waals surface area (Å²) < 4.78 is 9.68. The molecule has 0 amide bonds. The molecule has 0 fully saturated rings. The number of ether oxygens (including phenoxy) is 2. The van der Waals surface area contributed by atoms with Crippen LogP contribution in [0.5, 0.6) is 0 Å². The number of aromatic nitrogens is 1. The highest BCUT2D eigenvalue weighted by atomic mass is 16.5. The van der Waals surface area contributed by atoms with E-state index in [1.54, 1.807) is 13.3 Å². The molecule has 1 rings (SSSR count). The van der Waals surface area contributed by atoms with Crippen molar-refractivity contribution in [2.75, 3.05) is 20.8 Å². The van der Waals surface area contributed by atoms with Crippen molar-refractivity contribution < 1.29 is 14.3 Å². The van der Waals surface area contributed by atoms with Gasteiger partial charge in [-0.1, -0.05) is 6.07 Å². The quantitative estimate of drug-likeness (QED) is 0.687. The van der Waals surface area contributed by atoms with Crippen LogP contribution in [0, 0.1) is 0 Å². The molecule has 0 saturated heterocycles. The molecule has 0 saturated carbocycles. The van der Waals surface area contributed by atoms with Crippen molar-refractivity contribution in [1.82, 2.24) is 4.98 Å². The lowest BCUT2D eigenvalue weighted by atomic mass is 10.0. The van der Waals surface area contributed by atoms with Crippen molar-refractivity contribution in [2.24, 2.45) is 0 Å². The highest BCUT2D eigenvalue weighted by Crippen LogP contribution is 2.18. The maximum absolute atomic E-state index is 11.5. The van der Waals surface area contributed by atoms with E-state index in [0.29, 0.717) is 13.0 Å². The molecule has 4 nitrogen and oxygen atoms in total. The van der Waals surface area contributed by atoms with E-state index in [2.05, 4.69) is 4.98 Å². The van der Waals surface area contributed by atoms with E-state index in [9.17, 15) is 4.79 Å². The van der Waals surface area contributed by atoms with Crippen molar-refractivity contribution >= 4 is 5.97 Å². The van der Waals surface area contributed by atoms with Crippen LogP contribution in [0.2, 0.25) is 0 Å². The van der Waals surface area contributed by atoms with Gasteiger partial charge in [0.15, 0.2) is 0 Å². The lowest BCUT2D eigenvalue weighted by Gasteiger charge is -2.13. The highest BCUT2D eigenvalue weighted by molar-refractivity contribution is 5.77. The Kier molecular flexibility index (Phi) is 4.77. The van der Waals surface area contributed by atoms with Gasteiger partial charge in [0.05, 0.1) is 12.8 Å². The van der Waals surface area contributed by atoms with Gasteiger partial charge in [-0.05, 0) is 18.6 Å². The first kappa shape index (κ1) is 11.7. The average Bonchev–Trinajstić information content (AvgIpc) is 2.30. The van der Waals surface area contributed by atoms with Gasteiger partial charge in [-0.3, -0.25) is 9.78 Å². The van der Waals surface area contributed by atoms with E-state index in [4.69, 9.17) is 9.47 Å². The third-order valence-electron chi connectivity index (χ3n) is 2.14. The molecule has 0 aliphatic carbocycles. The molecule has 82 valence electrons. The van der Waals surface area contributed by atoms with E-state index >= 15 is 0 Å². The molecular weight excluding hydrogens is 194 g/mol. The fourth-order valence-electron chi connectivity index (χ4n) is 1.35. The minimum absolute atomic E-state index is 0.272. The Bertz CT molecular complexity index is 300. The van der Waals surface area contributed by atoms with Gasteiger partial charge in [0.2, 0.25) is 0 Å². The molecule has 4 heteroatoms. The number of rotatable bonds is 5.